The van der Waals surface area contributed by atoms with Crippen LogP contribution in [0.1, 0.15) is 16.1 Å². The van der Waals surface area contributed by atoms with E-state index < -0.39 is 17.5 Å². The van der Waals surface area contributed by atoms with E-state index in [2.05, 4.69) is 20.3 Å². The molecule has 0 fully saturated rings. The number of hydrogen-bond acceptors (Lipinski definition) is 5. The van der Waals surface area contributed by atoms with Gasteiger partial charge in [-0.2, -0.15) is 0 Å². The maximum absolute atomic E-state index is 13.4. The zero-order valence-electron chi connectivity index (χ0n) is 14.6. The van der Waals surface area contributed by atoms with Gasteiger partial charge in [0.05, 0.1) is 29.8 Å². The predicted molar refractivity (Wildman–Crippen MR) is 96.3 cm³/mol. The van der Waals surface area contributed by atoms with Gasteiger partial charge >= 0.3 is 0 Å². The first-order valence-corrected chi connectivity index (χ1v) is 8.19. The molecule has 0 atom stereocenters. The molecule has 9 heteroatoms. The second-order valence-electron chi connectivity index (χ2n) is 5.91. The number of halogens is 2. The fourth-order valence-electron chi connectivity index (χ4n) is 2.61. The van der Waals surface area contributed by atoms with Crippen molar-refractivity contribution in [1.29, 1.82) is 0 Å². The molecule has 1 N–H and O–H groups in total. The highest BCUT2D eigenvalue weighted by Gasteiger charge is 2.16. The number of rotatable bonds is 4. The SMILES string of the molecule is Cc1nc(NC(=O)c2cc(Oc3cncc(F)c3)cn3ccnc23)ccc1F. The van der Waals surface area contributed by atoms with Gasteiger partial charge in [0, 0.05) is 18.5 Å². The largest absolute Gasteiger partial charge is 0.454 e. The van der Waals surface area contributed by atoms with Gasteiger partial charge in [0.1, 0.15) is 34.6 Å². The molecule has 0 unspecified atom stereocenters. The third-order valence-electron chi connectivity index (χ3n) is 3.89. The molecule has 7 nitrogen and oxygen atoms in total. The van der Waals surface area contributed by atoms with Crippen molar-refractivity contribution in [3.63, 3.8) is 0 Å². The first-order chi connectivity index (χ1) is 13.5. The number of carbonyl (C=O) groups is 1. The summed E-state index contributed by atoms with van der Waals surface area (Å²) in [5.41, 5.74) is 0.760. The lowest BCUT2D eigenvalue weighted by Crippen LogP contribution is -2.15. The Morgan fingerprint density at radius 2 is 2.04 bits per heavy atom. The zero-order chi connectivity index (χ0) is 19.7. The molecule has 0 saturated carbocycles. The number of fused-ring (bicyclic) bond motifs is 1. The van der Waals surface area contributed by atoms with Gasteiger partial charge in [-0.25, -0.2) is 18.7 Å². The normalized spacial score (nSPS) is 10.8. The molecular weight excluding hydrogens is 368 g/mol. The second-order valence-corrected chi connectivity index (χ2v) is 5.91. The number of amides is 1. The Labute approximate surface area is 157 Å². The van der Waals surface area contributed by atoms with Crippen LogP contribution in [0.2, 0.25) is 0 Å². The van der Waals surface area contributed by atoms with Gasteiger partial charge in [-0.05, 0) is 25.1 Å². The Bertz CT molecular complexity index is 1190. The summed E-state index contributed by atoms with van der Waals surface area (Å²) >= 11 is 0. The maximum atomic E-state index is 13.4. The van der Waals surface area contributed by atoms with E-state index in [9.17, 15) is 13.6 Å². The summed E-state index contributed by atoms with van der Waals surface area (Å²) in [7, 11) is 0. The first-order valence-electron chi connectivity index (χ1n) is 8.19. The molecule has 4 aromatic heterocycles. The first kappa shape index (κ1) is 17.5. The highest BCUT2D eigenvalue weighted by Crippen LogP contribution is 2.25. The fourth-order valence-corrected chi connectivity index (χ4v) is 2.61. The minimum atomic E-state index is -0.545. The lowest BCUT2D eigenvalue weighted by molar-refractivity contribution is 0.102. The number of nitrogens with one attached hydrogen (secondary N) is 1. The van der Waals surface area contributed by atoms with Crippen LogP contribution in [-0.4, -0.2) is 25.3 Å². The van der Waals surface area contributed by atoms with Gasteiger partial charge in [-0.15, -0.1) is 0 Å². The van der Waals surface area contributed by atoms with Crippen LogP contribution in [0, 0.1) is 18.6 Å². The molecule has 4 rings (SSSR count). The summed E-state index contributed by atoms with van der Waals surface area (Å²) < 4.78 is 33.9. The topological polar surface area (TPSA) is 81.4 Å². The Hall–Kier alpha value is -3.88. The van der Waals surface area contributed by atoms with E-state index in [0.29, 0.717) is 5.65 Å². The van der Waals surface area contributed by atoms with Gasteiger partial charge in [-0.3, -0.25) is 9.78 Å². The Morgan fingerprint density at radius 1 is 1.18 bits per heavy atom. The summed E-state index contributed by atoms with van der Waals surface area (Å²) in [6, 6.07) is 5.23. The van der Waals surface area contributed by atoms with Crippen molar-refractivity contribution in [2.75, 3.05) is 5.32 Å². The van der Waals surface area contributed by atoms with E-state index in [1.807, 2.05) is 0 Å². The number of ether oxygens (including phenoxy) is 1. The number of carbonyl (C=O) groups excluding carboxylic acids is 1. The van der Waals surface area contributed by atoms with Gasteiger partial charge < -0.3 is 14.5 Å². The van der Waals surface area contributed by atoms with E-state index in [-0.39, 0.29) is 28.6 Å². The van der Waals surface area contributed by atoms with Gasteiger partial charge in [0.25, 0.3) is 5.91 Å². The van der Waals surface area contributed by atoms with Crippen LogP contribution in [0.25, 0.3) is 5.65 Å². The third-order valence-corrected chi connectivity index (χ3v) is 3.89. The van der Waals surface area contributed by atoms with Crippen molar-refractivity contribution >= 4 is 17.4 Å². The molecule has 0 aliphatic heterocycles. The highest BCUT2D eigenvalue weighted by atomic mass is 19.1. The lowest BCUT2D eigenvalue weighted by atomic mass is 10.2. The van der Waals surface area contributed by atoms with Gasteiger partial charge in [0.15, 0.2) is 0 Å². The number of aromatic nitrogens is 4. The number of pyridine rings is 3. The highest BCUT2D eigenvalue weighted by molar-refractivity contribution is 6.08. The summed E-state index contributed by atoms with van der Waals surface area (Å²) in [6.07, 6.45) is 7.18. The Kier molecular flexibility index (Phi) is 4.40. The van der Waals surface area contributed by atoms with Crippen LogP contribution in [0.5, 0.6) is 11.5 Å². The average Bonchev–Trinajstić information content (AvgIpc) is 3.12. The van der Waals surface area contributed by atoms with Crippen molar-refractivity contribution in [1.82, 2.24) is 19.4 Å². The number of imidazole rings is 1. The average molecular weight is 381 g/mol. The lowest BCUT2D eigenvalue weighted by Gasteiger charge is -2.10. The van der Waals surface area contributed by atoms with Gasteiger partial charge in [-0.1, -0.05) is 0 Å². The number of nitrogens with zero attached hydrogens (tertiary/aromatic N) is 4. The summed E-state index contributed by atoms with van der Waals surface area (Å²) in [5.74, 6) is -0.843. The van der Waals surface area contributed by atoms with Gasteiger partial charge in [0.2, 0.25) is 0 Å². The molecule has 28 heavy (non-hydrogen) atoms. The molecular formula is C19H13F2N5O2. The third kappa shape index (κ3) is 3.50. The fraction of sp³-hybridized carbons (Fsp3) is 0.0526. The summed E-state index contributed by atoms with van der Waals surface area (Å²) in [6.45, 7) is 1.50. The molecule has 0 aliphatic rings. The van der Waals surface area contributed by atoms with Crippen LogP contribution in [0.4, 0.5) is 14.6 Å². The minimum Gasteiger partial charge on any atom is -0.454 e. The molecule has 0 aliphatic carbocycles. The Balaban J connectivity index is 1.68. The van der Waals surface area contributed by atoms with Crippen LogP contribution in [0.15, 0.2) is 55.2 Å². The molecule has 140 valence electrons. The Morgan fingerprint density at radius 3 is 2.82 bits per heavy atom. The molecule has 0 aromatic carbocycles. The van der Waals surface area contributed by atoms with Crippen LogP contribution in [0.3, 0.4) is 0 Å². The zero-order valence-corrected chi connectivity index (χ0v) is 14.6. The summed E-state index contributed by atoms with van der Waals surface area (Å²) in [4.78, 5) is 24.6. The molecule has 1 amide bonds. The number of anilines is 1. The van der Waals surface area contributed by atoms with E-state index in [1.54, 1.807) is 16.8 Å². The van der Waals surface area contributed by atoms with E-state index in [1.165, 1.54) is 43.6 Å². The number of hydrogen-bond donors (Lipinski definition) is 1. The van der Waals surface area contributed by atoms with Crippen molar-refractivity contribution in [2.45, 2.75) is 6.92 Å². The molecule has 4 aromatic rings. The standard InChI is InChI=1S/C19H13F2N5O2/c1-11-16(21)2-3-17(24-11)25-19(27)15-7-14(10-26-5-4-23-18(15)26)28-13-6-12(20)8-22-9-13/h2-10H,1H3,(H,24,25,27). The summed E-state index contributed by atoms with van der Waals surface area (Å²) in [5, 5.41) is 2.61. The van der Waals surface area contributed by atoms with E-state index >= 15 is 0 Å². The molecule has 0 bridgehead atoms. The molecule has 0 saturated heterocycles. The van der Waals surface area contributed by atoms with Crippen molar-refractivity contribution in [3.8, 4) is 11.5 Å². The smallest absolute Gasteiger partial charge is 0.260 e. The van der Waals surface area contributed by atoms with Crippen molar-refractivity contribution in [3.05, 3.63) is 78.1 Å². The second kappa shape index (κ2) is 7.03. The van der Waals surface area contributed by atoms with Crippen molar-refractivity contribution in [2.24, 2.45) is 0 Å². The molecule has 4 heterocycles. The molecule has 0 spiro atoms. The quantitative estimate of drug-likeness (QED) is 0.582. The van der Waals surface area contributed by atoms with Crippen LogP contribution in [-0.2, 0) is 0 Å². The van der Waals surface area contributed by atoms with Crippen LogP contribution >= 0.6 is 0 Å². The minimum absolute atomic E-state index is 0.166. The van der Waals surface area contributed by atoms with E-state index in [4.69, 9.17) is 4.74 Å². The monoisotopic (exact) mass is 381 g/mol. The van der Waals surface area contributed by atoms with E-state index in [0.717, 1.165) is 6.20 Å². The maximum Gasteiger partial charge on any atom is 0.260 e. The predicted octanol–water partition coefficient (Wildman–Crippen LogP) is 3.76. The van der Waals surface area contributed by atoms with Crippen LogP contribution < -0.4 is 10.1 Å². The van der Waals surface area contributed by atoms with Crippen molar-refractivity contribution < 1.29 is 18.3 Å². The number of aryl methyl sites for hydroxylation is 1. The molecule has 0 radical (unpaired) electrons.